The lowest BCUT2D eigenvalue weighted by Gasteiger charge is -2.73. The Labute approximate surface area is 322 Å². The summed E-state index contributed by atoms with van der Waals surface area (Å²) in [6, 6.07) is 0. The van der Waals surface area contributed by atoms with Gasteiger partial charge in [-0.25, -0.2) is 0 Å². The van der Waals surface area contributed by atoms with Crippen LogP contribution in [-0.2, 0) is 0 Å². The van der Waals surface area contributed by atoms with Crippen LogP contribution in [-0.4, -0.2) is 69.7 Å². The highest BCUT2D eigenvalue weighted by Crippen LogP contribution is 2.81. The molecular weight excluding hydrogens is 784 g/mol. The molecule has 0 saturated carbocycles. The van der Waals surface area contributed by atoms with Crippen molar-refractivity contribution in [3.05, 3.63) is 0 Å². The molecule has 288 valence electrons. The van der Waals surface area contributed by atoms with E-state index < -0.39 is 69.7 Å². The van der Waals surface area contributed by atoms with Gasteiger partial charge in [0.25, 0.3) is 0 Å². The molecule has 0 bridgehead atoms. The Morgan fingerprint density at radius 1 is 0.292 bits per heavy atom. The molecule has 1 heterocycles. The average Bonchev–Trinajstić information content (AvgIpc) is 3.22. The van der Waals surface area contributed by atoms with Gasteiger partial charge in [0.1, 0.15) is 11.9 Å². The Kier molecular flexibility index (Phi) is 12.3. The van der Waals surface area contributed by atoms with Gasteiger partial charge in [-0.2, -0.15) is 22.2 Å². The zero-order valence-corrected chi connectivity index (χ0v) is 50.3. The number of halogens is 2. The molecule has 48 heavy (non-hydrogen) atoms. The van der Waals surface area contributed by atoms with Crippen LogP contribution in [0.25, 0.3) is 0 Å². The largest absolute Gasteiger partial charge is 0.178 e. The highest BCUT2D eigenvalue weighted by atomic mass is 35.6. The fourth-order valence-electron chi connectivity index (χ4n) is 11.4. The van der Waals surface area contributed by atoms with Crippen molar-refractivity contribution < 1.29 is 0 Å². The Bertz CT molecular complexity index is 1140. The van der Waals surface area contributed by atoms with Crippen LogP contribution in [0.15, 0.2) is 0 Å². The summed E-state index contributed by atoms with van der Waals surface area (Å²) in [7, 11) is -12.5. The van der Waals surface area contributed by atoms with Gasteiger partial charge in [0.15, 0.2) is 0 Å². The maximum absolute atomic E-state index is 10.1. The molecule has 0 amide bonds. The molecule has 0 aromatic rings. The first-order chi connectivity index (χ1) is 20.0. The predicted octanol–water partition coefficient (Wildman–Crippen LogP) is 15.1. The van der Waals surface area contributed by atoms with E-state index >= 15 is 0 Å². The van der Waals surface area contributed by atoms with Gasteiger partial charge in [-0.1, -0.05) is 203 Å². The zero-order chi connectivity index (χ0) is 40.0. The van der Waals surface area contributed by atoms with Crippen LogP contribution in [0.2, 0.25) is 109 Å². The minimum Gasteiger partial charge on any atom is -0.178 e. The van der Waals surface area contributed by atoms with E-state index in [1.54, 1.807) is 0 Å². The molecule has 0 unspecified atom stereocenters. The van der Waals surface area contributed by atoms with Crippen molar-refractivity contribution in [2.24, 2.45) is 0 Å². The Morgan fingerprint density at radius 2 is 0.479 bits per heavy atom. The van der Waals surface area contributed by atoms with Crippen molar-refractivity contribution in [2.45, 2.75) is 233 Å². The van der Waals surface area contributed by atoms with Gasteiger partial charge in [-0.3, -0.25) is 0 Å². The van der Waals surface area contributed by atoms with Crippen LogP contribution in [0, 0.1) is 0 Å². The first-order valence-electron chi connectivity index (χ1n) is 19.4. The summed E-state index contributed by atoms with van der Waals surface area (Å²) in [5.41, 5.74) is 0. The molecule has 1 saturated heterocycles. The molecule has 0 aliphatic carbocycles. The van der Waals surface area contributed by atoms with Gasteiger partial charge >= 0.3 is 0 Å². The highest BCUT2D eigenvalue weighted by Gasteiger charge is 3.09. The lowest BCUT2D eigenvalue weighted by molar-refractivity contribution is 0.720. The van der Waals surface area contributed by atoms with Crippen LogP contribution < -0.4 is 0 Å². The Hall–Kier alpha value is 2.75. The molecule has 1 rings (SSSR count). The molecule has 0 N–H and O–H groups in total. The van der Waals surface area contributed by atoms with E-state index in [2.05, 4.69) is 203 Å². The third-order valence-corrected chi connectivity index (χ3v) is 349. The minimum absolute atomic E-state index is 0.238. The van der Waals surface area contributed by atoms with Crippen molar-refractivity contribution in [1.29, 1.82) is 0 Å². The monoisotopic (exact) mass is 872 g/mol. The maximum atomic E-state index is 10.1. The van der Waals surface area contributed by atoms with Crippen molar-refractivity contribution in [1.82, 2.24) is 0 Å². The zero-order valence-electron chi connectivity index (χ0n) is 38.8. The van der Waals surface area contributed by atoms with Gasteiger partial charge in [0, 0.05) is 44.1 Å². The van der Waals surface area contributed by atoms with Crippen molar-refractivity contribution in [2.75, 3.05) is 0 Å². The average molecular weight is 875 g/mol. The Morgan fingerprint density at radius 3 is 0.625 bits per heavy atom. The third kappa shape index (κ3) is 5.30. The van der Waals surface area contributed by atoms with Gasteiger partial charge in [-0.05, 0) is 30.2 Å². The first-order valence-corrected chi connectivity index (χ1v) is 57.4. The summed E-state index contributed by atoms with van der Waals surface area (Å²) < 4.78 is 0. The van der Waals surface area contributed by atoms with E-state index in [9.17, 15) is 22.2 Å². The fourth-order valence-corrected chi connectivity index (χ4v) is 741. The first kappa shape index (κ1) is 48.8. The molecule has 2 atom stereocenters. The van der Waals surface area contributed by atoms with Crippen LogP contribution in [0.5, 0.6) is 0 Å². The molecule has 1 aliphatic heterocycles. The summed E-state index contributed by atoms with van der Waals surface area (Å²) in [5.74, 6) is -5.22. The van der Waals surface area contributed by atoms with E-state index in [1.165, 1.54) is 0 Å². The highest BCUT2D eigenvalue weighted by molar-refractivity contribution is 8.64. The number of rotatable bonds is 7. The van der Waals surface area contributed by atoms with Crippen LogP contribution >= 0.6 is 22.2 Å². The number of hydrogen-bond donors (Lipinski definition) is 0. The Balaban J connectivity index is 5.62. The smallest absolute Gasteiger partial charge is 0.137 e. The quantitative estimate of drug-likeness (QED) is 0.177. The SMILES string of the molecule is CC(C)(C)[Si](C)(C)[Si]([Si](C)(C)C(C)(C)C)([Si](C)(C)C(C)(C)C)[Si@@]1(Cl)[Si]([Si](C)(C)C(C)(C)C)([Si](C)(C)C(C)(C)C)[Si@]1(Cl)[Si](C)(C)C(C)(C)C. The van der Waals surface area contributed by atoms with E-state index in [0.717, 1.165) is 0 Å². The summed E-state index contributed by atoms with van der Waals surface area (Å²) in [4.78, 5) is 0. The van der Waals surface area contributed by atoms with E-state index in [1.807, 2.05) is 0 Å². The van der Waals surface area contributed by atoms with Crippen LogP contribution in [0.4, 0.5) is 0 Å². The molecule has 0 aromatic heterocycles. The molecule has 0 spiro atoms. The van der Waals surface area contributed by atoms with E-state index in [0.29, 0.717) is 0 Å². The lowest BCUT2D eigenvalue weighted by atomic mass is 10.2. The lowest BCUT2D eigenvalue weighted by Crippen LogP contribution is -2.99. The molecule has 1 fully saturated rings. The maximum Gasteiger partial charge on any atom is 0.137 e. The topological polar surface area (TPSA) is 0 Å². The summed E-state index contributed by atoms with van der Waals surface area (Å²) in [5, 5.41) is 1.64. The third-order valence-electron chi connectivity index (χ3n) is 18.8. The molecular formula is C36H90Cl2Si10. The molecule has 0 aromatic carbocycles. The van der Waals surface area contributed by atoms with Gasteiger partial charge < -0.3 is 0 Å². The molecule has 1 aliphatic rings. The summed E-state index contributed by atoms with van der Waals surface area (Å²) in [6.45, 7) is 83.6. The van der Waals surface area contributed by atoms with Crippen molar-refractivity contribution in [3.8, 4) is 0 Å². The van der Waals surface area contributed by atoms with Gasteiger partial charge in [0.2, 0.25) is 0 Å². The summed E-state index contributed by atoms with van der Waals surface area (Å²) >= 11 is 19.9. The van der Waals surface area contributed by atoms with Gasteiger partial charge in [-0.15, -0.1) is 0 Å². The van der Waals surface area contributed by atoms with E-state index in [4.69, 9.17) is 0 Å². The summed E-state index contributed by atoms with van der Waals surface area (Å²) in [6.07, 6.45) is -4.71. The van der Waals surface area contributed by atoms with Crippen LogP contribution in [0.3, 0.4) is 0 Å². The predicted molar refractivity (Wildman–Crippen MR) is 258 cm³/mol. The normalized spacial score (nSPS) is 25.0. The molecule has 0 nitrogen and oxygen atoms in total. The number of hydrogen-bond acceptors (Lipinski definition) is 0. The van der Waals surface area contributed by atoms with Crippen LogP contribution in [0.1, 0.15) is 125 Å². The molecule has 12 heteroatoms. The fraction of sp³-hybridized carbons (Fsp3) is 1.00. The standard InChI is InChI=1S/C36H90Cl2Si10/c1-31(2,3)39(19,20)45(37)46(38,48(45,43(27,28)35(13,14)15)44(29,30)36(16,17)18)47(40(21,22)32(4,5)6,41(23,24)33(7,8)9)42(25,26)34(10,11)12/h1-30H3/t45-,46+/m1/s1. The molecule has 0 radical (unpaired) electrons. The second-order valence-corrected chi connectivity index (χ2v) is 150. The van der Waals surface area contributed by atoms with Crippen molar-refractivity contribution >= 4 is 91.9 Å². The second-order valence-electron chi connectivity index (χ2n) is 26.1. The van der Waals surface area contributed by atoms with Crippen molar-refractivity contribution in [3.63, 3.8) is 0 Å². The minimum atomic E-state index is -2.67. The van der Waals surface area contributed by atoms with Gasteiger partial charge in [0.05, 0.1) is 13.7 Å². The van der Waals surface area contributed by atoms with E-state index in [-0.39, 0.29) is 30.2 Å². The second kappa shape index (κ2) is 12.1.